The van der Waals surface area contributed by atoms with Gasteiger partial charge in [0.2, 0.25) is 5.91 Å². The van der Waals surface area contributed by atoms with Crippen LogP contribution < -0.4 is 5.32 Å². The first-order chi connectivity index (χ1) is 12.5. The van der Waals surface area contributed by atoms with Crippen LogP contribution in [0.3, 0.4) is 0 Å². The number of hydrogen-bond acceptors (Lipinski definition) is 3. The molecule has 0 aliphatic carbocycles. The monoisotopic (exact) mass is 376 g/mol. The minimum atomic E-state index is -0.993. The number of hydrogen-bond donors (Lipinski definition) is 2. The second-order valence-electron chi connectivity index (χ2n) is 6.66. The highest BCUT2D eigenvalue weighted by Gasteiger charge is 2.41. The molecule has 0 aromatic heterocycles. The van der Waals surface area contributed by atoms with Crippen molar-refractivity contribution in [2.24, 2.45) is 0 Å². The van der Waals surface area contributed by atoms with E-state index in [4.69, 9.17) is 11.6 Å². The van der Waals surface area contributed by atoms with E-state index in [0.29, 0.717) is 29.8 Å². The molecule has 0 bridgehead atoms. The van der Waals surface area contributed by atoms with Crippen molar-refractivity contribution in [2.75, 3.05) is 0 Å². The molecule has 2 N–H and O–H groups in total. The molecule has 1 saturated heterocycles. The lowest BCUT2D eigenvalue weighted by Gasteiger charge is -2.42. The Labute approximate surface area is 156 Å². The number of carboxylic acid groups (broad SMARTS) is 1. The number of carbonyl (C=O) groups excluding carboxylic acids is 2. The molecule has 6 nitrogen and oxygen atoms in total. The fraction of sp³-hybridized carbons (Fsp3) is 0.421. The van der Waals surface area contributed by atoms with E-state index in [0.717, 1.165) is 12.8 Å². The smallest absolute Gasteiger partial charge is 0.326 e. The first-order valence-corrected chi connectivity index (χ1v) is 9.11. The third kappa shape index (κ3) is 3.90. The Kier molecular flexibility index (Phi) is 5.61. The number of aliphatic carboxylic acids is 1. The van der Waals surface area contributed by atoms with Crippen molar-refractivity contribution in [3.8, 4) is 0 Å². The van der Waals surface area contributed by atoms with Crippen molar-refractivity contribution in [3.05, 3.63) is 47.0 Å². The molecule has 3 unspecified atom stereocenters. The quantitative estimate of drug-likeness (QED) is 0.794. The van der Waals surface area contributed by atoms with Gasteiger partial charge in [-0.05, 0) is 50.3 Å². The van der Waals surface area contributed by atoms with Gasteiger partial charge in [0.05, 0.1) is 0 Å². The highest BCUT2D eigenvalue weighted by Crippen LogP contribution is 2.28. The van der Waals surface area contributed by atoms with Gasteiger partial charge in [-0.25, -0.2) is 4.79 Å². The van der Waals surface area contributed by atoms with Crippen LogP contribution in [0.4, 0.5) is 0 Å². The minimum Gasteiger partial charge on any atom is -0.480 e. The molecule has 3 rings (SSSR count). The Morgan fingerprint density at radius 1 is 1.19 bits per heavy atom. The number of carbonyl (C=O) groups is 3. The van der Waals surface area contributed by atoms with Gasteiger partial charge < -0.3 is 15.3 Å². The van der Waals surface area contributed by atoms with Crippen LogP contribution in [-0.4, -0.2) is 45.9 Å². The van der Waals surface area contributed by atoms with Crippen LogP contribution in [0.1, 0.15) is 42.5 Å². The van der Waals surface area contributed by atoms with Gasteiger partial charge in [0.15, 0.2) is 0 Å². The summed E-state index contributed by atoms with van der Waals surface area (Å²) in [6, 6.07) is 4.71. The number of benzene rings is 1. The number of amides is 2. The zero-order valence-corrected chi connectivity index (χ0v) is 15.0. The Bertz CT molecular complexity index is 749. The molecule has 2 amide bonds. The maximum Gasteiger partial charge on any atom is 0.326 e. The molecule has 1 aromatic rings. The van der Waals surface area contributed by atoms with Gasteiger partial charge in [-0.1, -0.05) is 29.8 Å². The van der Waals surface area contributed by atoms with Crippen molar-refractivity contribution < 1.29 is 19.5 Å². The zero-order valence-electron chi connectivity index (χ0n) is 14.2. The second kappa shape index (κ2) is 7.91. The number of nitrogens with zero attached hydrogens (tertiary/aromatic N) is 1. The van der Waals surface area contributed by atoms with Crippen LogP contribution in [0.15, 0.2) is 36.4 Å². The van der Waals surface area contributed by atoms with Gasteiger partial charge in [0, 0.05) is 16.6 Å². The maximum absolute atomic E-state index is 13.1. The summed E-state index contributed by atoms with van der Waals surface area (Å²) in [5.41, 5.74) is 0.362. The third-order valence-electron chi connectivity index (χ3n) is 4.92. The SMILES string of the molecule is O=C(NC1CC=CCC2CCCC(C(=O)O)N2C1=O)c1cccc(Cl)c1. The largest absolute Gasteiger partial charge is 0.480 e. The Morgan fingerprint density at radius 3 is 2.69 bits per heavy atom. The van der Waals surface area contributed by atoms with Crippen molar-refractivity contribution in [3.63, 3.8) is 0 Å². The summed E-state index contributed by atoms with van der Waals surface area (Å²) < 4.78 is 0. The first-order valence-electron chi connectivity index (χ1n) is 8.74. The zero-order chi connectivity index (χ0) is 18.7. The molecular weight excluding hydrogens is 356 g/mol. The summed E-state index contributed by atoms with van der Waals surface area (Å²) in [7, 11) is 0. The van der Waals surface area contributed by atoms with Crippen LogP contribution in [-0.2, 0) is 9.59 Å². The number of piperidine rings is 1. The molecular formula is C19H21ClN2O4. The highest BCUT2D eigenvalue weighted by molar-refractivity contribution is 6.31. The molecule has 0 radical (unpaired) electrons. The summed E-state index contributed by atoms with van der Waals surface area (Å²) in [5.74, 6) is -1.73. The minimum absolute atomic E-state index is 0.139. The lowest BCUT2D eigenvalue weighted by atomic mass is 9.90. The van der Waals surface area contributed by atoms with Crippen molar-refractivity contribution in [1.29, 1.82) is 0 Å². The normalized spacial score (nSPS) is 25.8. The van der Waals surface area contributed by atoms with Gasteiger partial charge in [0.25, 0.3) is 5.91 Å². The fourth-order valence-corrected chi connectivity index (χ4v) is 3.84. The molecule has 7 heteroatoms. The lowest BCUT2D eigenvalue weighted by Crippen LogP contribution is -2.59. The predicted molar refractivity (Wildman–Crippen MR) is 97.0 cm³/mol. The summed E-state index contributed by atoms with van der Waals surface area (Å²) in [6.07, 6.45) is 6.81. The predicted octanol–water partition coefficient (Wildman–Crippen LogP) is 2.62. The molecule has 2 aliphatic rings. The molecule has 0 spiro atoms. The van der Waals surface area contributed by atoms with Crippen molar-refractivity contribution in [1.82, 2.24) is 10.2 Å². The fourth-order valence-electron chi connectivity index (χ4n) is 3.65. The molecule has 26 heavy (non-hydrogen) atoms. The molecule has 3 atom stereocenters. The van der Waals surface area contributed by atoms with E-state index in [1.165, 1.54) is 11.0 Å². The van der Waals surface area contributed by atoms with Crippen LogP contribution in [0.2, 0.25) is 5.02 Å². The van der Waals surface area contributed by atoms with Crippen LogP contribution in [0.5, 0.6) is 0 Å². The molecule has 1 fully saturated rings. The number of rotatable bonds is 3. The summed E-state index contributed by atoms with van der Waals surface area (Å²) >= 11 is 5.92. The van der Waals surface area contributed by atoms with E-state index in [1.54, 1.807) is 18.2 Å². The Hall–Kier alpha value is -2.34. The topological polar surface area (TPSA) is 86.7 Å². The van der Waals surface area contributed by atoms with Gasteiger partial charge in [-0.2, -0.15) is 0 Å². The number of halogens is 1. The van der Waals surface area contributed by atoms with Crippen molar-refractivity contribution in [2.45, 2.75) is 50.2 Å². The van der Waals surface area contributed by atoms with Gasteiger partial charge in [-0.15, -0.1) is 0 Å². The summed E-state index contributed by atoms with van der Waals surface area (Å²) in [5, 5.41) is 12.7. The van der Waals surface area contributed by atoms with Gasteiger partial charge >= 0.3 is 5.97 Å². The number of fused-ring (bicyclic) bond motifs is 1. The van der Waals surface area contributed by atoms with E-state index >= 15 is 0 Å². The molecule has 1 aromatic carbocycles. The highest BCUT2D eigenvalue weighted by atomic mass is 35.5. The van der Waals surface area contributed by atoms with Crippen LogP contribution >= 0.6 is 11.6 Å². The van der Waals surface area contributed by atoms with E-state index in [2.05, 4.69) is 5.32 Å². The molecule has 0 saturated carbocycles. The summed E-state index contributed by atoms with van der Waals surface area (Å²) in [4.78, 5) is 38.7. The van der Waals surface area contributed by atoms with E-state index in [1.807, 2.05) is 12.2 Å². The van der Waals surface area contributed by atoms with E-state index < -0.39 is 24.0 Å². The van der Waals surface area contributed by atoms with Crippen LogP contribution in [0, 0.1) is 0 Å². The lowest BCUT2D eigenvalue weighted by molar-refractivity contribution is -0.156. The standard InChI is InChI=1S/C19H21ClN2O4/c20-13-6-3-5-12(11-13)17(23)21-15-9-2-1-7-14-8-4-10-16(19(25)26)22(14)18(15)24/h1-3,5-6,11,14-16H,4,7-10H2,(H,21,23)(H,25,26). The number of nitrogens with one attached hydrogen (secondary N) is 1. The molecule has 2 aliphatic heterocycles. The van der Waals surface area contributed by atoms with E-state index in [9.17, 15) is 19.5 Å². The number of carboxylic acids is 1. The maximum atomic E-state index is 13.1. The Morgan fingerprint density at radius 2 is 1.96 bits per heavy atom. The summed E-state index contributed by atoms with van der Waals surface area (Å²) in [6.45, 7) is 0. The first kappa shape index (κ1) is 18.5. The average Bonchev–Trinajstić information content (AvgIpc) is 2.61. The average molecular weight is 377 g/mol. The van der Waals surface area contributed by atoms with E-state index in [-0.39, 0.29) is 11.9 Å². The van der Waals surface area contributed by atoms with Gasteiger partial charge in [-0.3, -0.25) is 9.59 Å². The molecule has 138 valence electrons. The second-order valence-corrected chi connectivity index (χ2v) is 7.10. The van der Waals surface area contributed by atoms with Crippen molar-refractivity contribution >= 4 is 29.4 Å². The Balaban J connectivity index is 1.83. The van der Waals surface area contributed by atoms with Gasteiger partial charge in [0.1, 0.15) is 12.1 Å². The molecule has 2 heterocycles. The third-order valence-corrected chi connectivity index (χ3v) is 5.16. The van der Waals surface area contributed by atoms with Crippen LogP contribution in [0.25, 0.3) is 0 Å².